The fourth-order valence-corrected chi connectivity index (χ4v) is 2.97. The zero-order valence-electron chi connectivity index (χ0n) is 12.8. The van der Waals surface area contributed by atoms with Crippen molar-refractivity contribution in [2.24, 2.45) is 10.7 Å². The molecule has 0 aliphatic rings. The van der Waals surface area contributed by atoms with Crippen molar-refractivity contribution < 1.29 is 0 Å². The van der Waals surface area contributed by atoms with Crippen molar-refractivity contribution in [3.05, 3.63) is 29.6 Å². The van der Waals surface area contributed by atoms with Crippen LogP contribution in [0.4, 0.5) is 0 Å². The number of amidine groups is 1. The number of rotatable bonds is 7. The number of hydrogen-bond acceptors (Lipinski definition) is 5. The Morgan fingerprint density at radius 3 is 3.05 bits per heavy atom. The van der Waals surface area contributed by atoms with Crippen LogP contribution in [-0.2, 0) is 12.3 Å². The third kappa shape index (κ3) is 4.76. The highest BCUT2D eigenvalue weighted by atomic mass is 32.2. The van der Waals surface area contributed by atoms with Crippen LogP contribution in [-0.4, -0.2) is 40.6 Å². The van der Waals surface area contributed by atoms with Crippen molar-refractivity contribution >= 4 is 28.6 Å². The molecule has 0 bridgehead atoms. The lowest BCUT2D eigenvalue weighted by Crippen LogP contribution is -2.11. The predicted octanol–water partition coefficient (Wildman–Crippen LogP) is 2.09. The number of nitrogens with one attached hydrogen (secondary N) is 1. The second kappa shape index (κ2) is 7.82. The summed E-state index contributed by atoms with van der Waals surface area (Å²) < 4.78 is 0. The molecule has 1 heterocycles. The molecule has 116 valence electrons. The van der Waals surface area contributed by atoms with Crippen LogP contribution >= 0.6 is 11.8 Å². The summed E-state index contributed by atoms with van der Waals surface area (Å²) in [7, 11) is 4.05. The molecule has 1 aromatic carbocycles. The molecular weight excluding hydrogens is 296 g/mol. The topological polar surface area (TPSA) is 94.1 Å². The highest BCUT2D eigenvalue weighted by Gasteiger charge is 2.05. The van der Waals surface area contributed by atoms with Gasteiger partial charge in [0.2, 0.25) is 6.19 Å². The van der Waals surface area contributed by atoms with E-state index in [0.29, 0.717) is 12.3 Å². The van der Waals surface area contributed by atoms with Crippen molar-refractivity contribution in [2.45, 2.75) is 18.7 Å². The first-order chi connectivity index (χ1) is 10.6. The third-order valence-corrected chi connectivity index (χ3v) is 4.06. The Kier molecular flexibility index (Phi) is 5.81. The Bertz CT molecular complexity index is 698. The van der Waals surface area contributed by atoms with Crippen LogP contribution in [0.3, 0.4) is 0 Å². The van der Waals surface area contributed by atoms with Crippen LogP contribution in [0.25, 0.3) is 11.0 Å². The summed E-state index contributed by atoms with van der Waals surface area (Å²) in [6, 6.07) is 6.29. The number of imidazole rings is 1. The van der Waals surface area contributed by atoms with Crippen LogP contribution in [0.15, 0.2) is 23.2 Å². The van der Waals surface area contributed by atoms with E-state index in [0.717, 1.165) is 34.9 Å². The minimum Gasteiger partial charge on any atom is -0.386 e. The molecule has 0 fully saturated rings. The normalized spacial score (nSPS) is 12.0. The lowest BCUT2D eigenvalue weighted by atomic mass is 10.2. The largest absolute Gasteiger partial charge is 0.386 e. The fraction of sp³-hybridized carbons (Fsp3) is 0.400. The summed E-state index contributed by atoms with van der Waals surface area (Å²) in [6.45, 7) is 0.802. The van der Waals surface area contributed by atoms with Crippen LogP contribution in [0.5, 0.6) is 0 Å². The molecule has 2 aromatic rings. The van der Waals surface area contributed by atoms with Gasteiger partial charge < -0.3 is 15.6 Å². The van der Waals surface area contributed by atoms with E-state index in [-0.39, 0.29) is 0 Å². The van der Waals surface area contributed by atoms with Gasteiger partial charge in [0.15, 0.2) is 0 Å². The molecule has 1 aromatic heterocycles. The first-order valence-corrected chi connectivity index (χ1v) is 8.15. The minimum absolute atomic E-state index is 0.396. The number of nitrogens with zero attached hydrogens (tertiary/aromatic N) is 4. The monoisotopic (exact) mass is 316 g/mol. The summed E-state index contributed by atoms with van der Waals surface area (Å²) >= 11 is 1.77. The summed E-state index contributed by atoms with van der Waals surface area (Å²) in [5.41, 5.74) is 8.89. The zero-order chi connectivity index (χ0) is 15.9. The SMILES string of the molecule is CN(C)Cc1nc2ccc(CSCCC(N)=NC#N)cc2[nH]1. The highest BCUT2D eigenvalue weighted by molar-refractivity contribution is 7.98. The molecule has 2 rings (SSSR count). The van der Waals surface area contributed by atoms with E-state index in [2.05, 4.69) is 32.0 Å². The molecule has 0 spiro atoms. The van der Waals surface area contributed by atoms with Crippen LogP contribution in [0.1, 0.15) is 17.8 Å². The molecule has 0 aliphatic carbocycles. The van der Waals surface area contributed by atoms with Gasteiger partial charge >= 0.3 is 0 Å². The molecular formula is C15H20N6S. The van der Waals surface area contributed by atoms with Gasteiger partial charge in [-0.25, -0.2) is 4.98 Å². The van der Waals surface area contributed by atoms with Gasteiger partial charge in [-0.3, -0.25) is 0 Å². The summed E-state index contributed by atoms with van der Waals surface area (Å²) in [5.74, 6) is 3.12. The molecule has 3 N–H and O–H groups in total. The Labute approximate surface area is 134 Å². The Morgan fingerprint density at radius 1 is 1.50 bits per heavy atom. The van der Waals surface area contributed by atoms with E-state index in [1.165, 1.54) is 5.56 Å². The first kappa shape index (κ1) is 16.3. The number of aromatic nitrogens is 2. The minimum atomic E-state index is 0.396. The smallest absolute Gasteiger partial charge is 0.207 e. The van der Waals surface area contributed by atoms with Gasteiger partial charge in [-0.05, 0) is 31.8 Å². The van der Waals surface area contributed by atoms with Crippen LogP contribution in [0, 0.1) is 11.5 Å². The fourth-order valence-electron chi connectivity index (χ4n) is 2.06. The van der Waals surface area contributed by atoms with Gasteiger partial charge in [0, 0.05) is 17.9 Å². The molecule has 0 atom stereocenters. The predicted molar refractivity (Wildman–Crippen MR) is 91.5 cm³/mol. The standard InChI is InChI=1S/C15H20N6S/c1-21(2)8-15-19-12-4-3-11(7-13(12)20-15)9-22-6-5-14(17)18-10-16/h3-4,7H,5-6,8-9H2,1-2H3,(H2,17,18)(H,19,20). The van der Waals surface area contributed by atoms with Gasteiger partial charge in [0.25, 0.3) is 0 Å². The number of H-pyrrole nitrogens is 1. The molecule has 0 radical (unpaired) electrons. The average molecular weight is 316 g/mol. The maximum absolute atomic E-state index is 8.39. The van der Waals surface area contributed by atoms with E-state index in [1.807, 2.05) is 20.2 Å². The molecule has 6 nitrogen and oxygen atoms in total. The van der Waals surface area contributed by atoms with E-state index < -0.39 is 0 Å². The summed E-state index contributed by atoms with van der Waals surface area (Å²) in [6.07, 6.45) is 2.34. The number of fused-ring (bicyclic) bond motifs is 1. The van der Waals surface area contributed by atoms with Crippen molar-refractivity contribution in [3.63, 3.8) is 0 Å². The second-order valence-corrected chi connectivity index (χ2v) is 6.38. The number of nitriles is 1. The Balaban J connectivity index is 1.92. The maximum atomic E-state index is 8.39. The third-order valence-electron chi connectivity index (χ3n) is 3.03. The van der Waals surface area contributed by atoms with Gasteiger partial charge in [-0.1, -0.05) is 6.07 Å². The first-order valence-electron chi connectivity index (χ1n) is 6.99. The molecule has 0 aliphatic heterocycles. The zero-order valence-corrected chi connectivity index (χ0v) is 13.7. The average Bonchev–Trinajstić information content (AvgIpc) is 2.84. The van der Waals surface area contributed by atoms with E-state index >= 15 is 0 Å². The van der Waals surface area contributed by atoms with Crippen molar-refractivity contribution in [2.75, 3.05) is 19.8 Å². The number of nitrogens with two attached hydrogens (primary N) is 1. The number of aliphatic imine (C=N–C) groups is 1. The van der Waals surface area contributed by atoms with Crippen LogP contribution < -0.4 is 5.73 Å². The molecule has 22 heavy (non-hydrogen) atoms. The Hall–Kier alpha value is -2.04. The molecule has 0 saturated carbocycles. The van der Waals surface area contributed by atoms with Crippen molar-refractivity contribution in [1.82, 2.24) is 14.9 Å². The van der Waals surface area contributed by atoms with Gasteiger partial charge in [0.05, 0.1) is 17.6 Å². The van der Waals surface area contributed by atoms with Gasteiger partial charge in [0.1, 0.15) is 11.7 Å². The highest BCUT2D eigenvalue weighted by Crippen LogP contribution is 2.19. The van der Waals surface area contributed by atoms with Crippen molar-refractivity contribution in [3.8, 4) is 6.19 Å². The number of thioether (sulfide) groups is 1. The van der Waals surface area contributed by atoms with Crippen molar-refractivity contribution in [1.29, 1.82) is 5.26 Å². The Morgan fingerprint density at radius 2 is 2.32 bits per heavy atom. The summed E-state index contributed by atoms with van der Waals surface area (Å²) in [4.78, 5) is 13.5. The van der Waals surface area contributed by atoms with Crippen LogP contribution in [0.2, 0.25) is 0 Å². The summed E-state index contributed by atoms with van der Waals surface area (Å²) in [5, 5.41) is 8.39. The second-order valence-electron chi connectivity index (χ2n) is 5.28. The number of aromatic amines is 1. The number of hydrogen-bond donors (Lipinski definition) is 2. The molecule has 7 heteroatoms. The van der Waals surface area contributed by atoms with Gasteiger partial charge in [-0.15, -0.1) is 0 Å². The van der Waals surface area contributed by atoms with Gasteiger partial charge in [-0.2, -0.15) is 22.0 Å². The molecule has 0 saturated heterocycles. The molecule has 0 amide bonds. The number of benzene rings is 1. The lowest BCUT2D eigenvalue weighted by molar-refractivity contribution is 0.392. The molecule has 0 unspecified atom stereocenters. The van der Waals surface area contributed by atoms with E-state index in [9.17, 15) is 0 Å². The lowest BCUT2D eigenvalue weighted by Gasteiger charge is -2.05. The quantitative estimate of drug-likeness (QED) is 0.353. The van der Waals surface area contributed by atoms with E-state index in [1.54, 1.807) is 18.0 Å². The maximum Gasteiger partial charge on any atom is 0.207 e. The van der Waals surface area contributed by atoms with E-state index in [4.69, 9.17) is 11.0 Å².